The highest BCUT2D eigenvalue weighted by atomic mass is 32.2. The molecule has 1 aromatic carbocycles. The van der Waals surface area contributed by atoms with Crippen molar-refractivity contribution in [3.63, 3.8) is 0 Å². The Bertz CT molecular complexity index is 880. The summed E-state index contributed by atoms with van der Waals surface area (Å²) < 4.78 is 48.7. The topological polar surface area (TPSA) is 150 Å². The van der Waals surface area contributed by atoms with Crippen LogP contribution < -0.4 is 11.5 Å². The second kappa shape index (κ2) is 6.28. The van der Waals surface area contributed by atoms with Crippen molar-refractivity contribution in [3.8, 4) is 0 Å². The molecule has 0 aliphatic rings. The van der Waals surface area contributed by atoms with E-state index in [-0.39, 0.29) is 16.0 Å². The Morgan fingerprint density at radius 2 is 1.61 bits per heavy atom. The van der Waals surface area contributed by atoms with Crippen molar-refractivity contribution >= 4 is 31.5 Å². The Hall–Kier alpha value is -1.94. The summed E-state index contributed by atoms with van der Waals surface area (Å²) >= 11 is 0. The first-order valence-electron chi connectivity index (χ1n) is 6.51. The van der Waals surface area contributed by atoms with E-state index < -0.39 is 41.7 Å². The summed E-state index contributed by atoms with van der Waals surface area (Å²) in [5.41, 5.74) is 10.4. The van der Waals surface area contributed by atoms with Gasteiger partial charge in [0.2, 0.25) is 0 Å². The number of aliphatic imine (C=N–C) groups is 1. The predicted octanol–water partition coefficient (Wildman–Crippen LogP) is -0.00578. The van der Waals surface area contributed by atoms with Gasteiger partial charge in [-0.25, -0.2) is 16.8 Å². The van der Waals surface area contributed by atoms with Crippen LogP contribution in [0, 0.1) is 6.92 Å². The Labute approximate surface area is 135 Å². The zero-order chi connectivity index (χ0) is 18.2. The summed E-state index contributed by atoms with van der Waals surface area (Å²) in [6.45, 7) is 4.35. The molecule has 0 aromatic heterocycles. The highest BCUT2D eigenvalue weighted by molar-refractivity contribution is 7.94. The maximum Gasteiger partial charge on any atom is 0.280 e. The van der Waals surface area contributed by atoms with Crippen LogP contribution in [0.2, 0.25) is 0 Å². The van der Waals surface area contributed by atoms with Crippen molar-refractivity contribution in [1.29, 1.82) is 0 Å². The average Bonchev–Trinajstić information content (AvgIpc) is 2.35. The van der Waals surface area contributed by atoms with Crippen LogP contribution in [0.1, 0.15) is 29.8 Å². The smallest absolute Gasteiger partial charge is 0.280 e. The van der Waals surface area contributed by atoms with E-state index in [0.717, 1.165) is 18.4 Å². The fourth-order valence-electron chi connectivity index (χ4n) is 1.84. The van der Waals surface area contributed by atoms with Gasteiger partial charge in [0.1, 0.15) is 0 Å². The summed E-state index contributed by atoms with van der Waals surface area (Å²) in [7, 11) is -7.75. The fourth-order valence-corrected chi connectivity index (χ4v) is 4.58. The molecule has 10 heteroatoms. The van der Waals surface area contributed by atoms with Crippen LogP contribution in [-0.2, 0) is 19.7 Å². The lowest BCUT2D eigenvalue weighted by atomic mass is 10.1. The molecule has 1 rings (SSSR count). The minimum atomic E-state index is -3.89. The summed E-state index contributed by atoms with van der Waals surface area (Å²) in [6.07, 6.45) is 0.867. The molecular formula is C13H19N3O5S2. The molecule has 0 saturated heterocycles. The van der Waals surface area contributed by atoms with E-state index in [9.17, 15) is 21.6 Å². The third kappa shape index (κ3) is 4.08. The number of benzene rings is 1. The van der Waals surface area contributed by atoms with E-state index in [4.69, 9.17) is 11.5 Å². The van der Waals surface area contributed by atoms with E-state index in [2.05, 4.69) is 4.99 Å². The van der Waals surface area contributed by atoms with Crippen LogP contribution in [0.15, 0.2) is 26.9 Å². The second-order valence-electron chi connectivity index (χ2n) is 5.32. The number of hydrogen-bond donors (Lipinski definition) is 2. The molecule has 1 amide bonds. The van der Waals surface area contributed by atoms with Crippen molar-refractivity contribution in [2.75, 3.05) is 6.26 Å². The zero-order valence-electron chi connectivity index (χ0n) is 13.2. The summed E-state index contributed by atoms with van der Waals surface area (Å²) in [4.78, 5) is 14.5. The minimum Gasteiger partial charge on any atom is -0.370 e. The molecule has 0 bridgehead atoms. The van der Waals surface area contributed by atoms with Gasteiger partial charge in [-0.3, -0.25) is 4.79 Å². The molecular weight excluding hydrogens is 342 g/mol. The van der Waals surface area contributed by atoms with Crippen molar-refractivity contribution in [2.24, 2.45) is 16.5 Å². The lowest BCUT2D eigenvalue weighted by molar-refractivity contribution is 0.100. The van der Waals surface area contributed by atoms with E-state index in [1.807, 2.05) is 0 Å². The Kier molecular flexibility index (Phi) is 5.22. The molecule has 4 N–H and O–H groups in total. The van der Waals surface area contributed by atoms with Gasteiger partial charge in [-0.15, -0.1) is 0 Å². The maximum absolute atomic E-state index is 12.4. The fraction of sp³-hybridized carbons (Fsp3) is 0.385. The largest absolute Gasteiger partial charge is 0.370 e. The van der Waals surface area contributed by atoms with Crippen LogP contribution in [-0.4, -0.2) is 40.2 Å². The molecule has 1 aromatic rings. The van der Waals surface area contributed by atoms with Gasteiger partial charge < -0.3 is 11.5 Å². The molecule has 128 valence electrons. The molecule has 8 nitrogen and oxygen atoms in total. The van der Waals surface area contributed by atoms with Gasteiger partial charge in [0.15, 0.2) is 25.6 Å². The number of rotatable bonds is 4. The number of nitrogens with zero attached hydrogens (tertiary/aromatic N) is 1. The predicted molar refractivity (Wildman–Crippen MR) is 86.8 cm³/mol. The molecule has 23 heavy (non-hydrogen) atoms. The third-order valence-corrected chi connectivity index (χ3v) is 6.54. The Morgan fingerprint density at radius 1 is 1.09 bits per heavy atom. The lowest BCUT2D eigenvalue weighted by Gasteiger charge is -2.14. The lowest BCUT2D eigenvalue weighted by Crippen LogP contribution is -2.24. The van der Waals surface area contributed by atoms with Crippen molar-refractivity contribution < 1.29 is 21.6 Å². The molecule has 0 radical (unpaired) electrons. The van der Waals surface area contributed by atoms with Gasteiger partial charge in [0.25, 0.3) is 5.91 Å². The number of amides is 1. The Balaban J connectivity index is 3.83. The zero-order valence-corrected chi connectivity index (χ0v) is 14.8. The van der Waals surface area contributed by atoms with Gasteiger partial charge in [-0.2, -0.15) is 4.99 Å². The van der Waals surface area contributed by atoms with Crippen molar-refractivity contribution in [2.45, 2.75) is 35.8 Å². The number of carbonyl (C=O) groups excluding carboxylic acids is 1. The molecule has 0 spiro atoms. The van der Waals surface area contributed by atoms with Crippen LogP contribution in [0.5, 0.6) is 0 Å². The Morgan fingerprint density at radius 3 is 2.00 bits per heavy atom. The third-order valence-electron chi connectivity index (χ3n) is 3.08. The van der Waals surface area contributed by atoms with E-state index >= 15 is 0 Å². The first-order chi connectivity index (χ1) is 10.3. The number of aryl methyl sites for hydroxylation is 1. The number of sulfone groups is 2. The van der Waals surface area contributed by atoms with Gasteiger partial charge in [-0.05, 0) is 38.5 Å². The minimum absolute atomic E-state index is 0.0819. The van der Waals surface area contributed by atoms with Gasteiger partial charge >= 0.3 is 0 Å². The molecule has 0 heterocycles. The average molecular weight is 361 g/mol. The van der Waals surface area contributed by atoms with Crippen molar-refractivity contribution in [3.05, 3.63) is 23.3 Å². The van der Waals surface area contributed by atoms with Gasteiger partial charge in [0.05, 0.1) is 15.0 Å². The van der Waals surface area contributed by atoms with E-state index in [0.29, 0.717) is 0 Å². The van der Waals surface area contributed by atoms with Crippen molar-refractivity contribution in [1.82, 2.24) is 0 Å². The van der Waals surface area contributed by atoms with Crippen LogP contribution in [0.25, 0.3) is 0 Å². The molecule has 0 aliphatic heterocycles. The number of guanidine groups is 1. The number of hydrogen-bond acceptors (Lipinski definition) is 5. The van der Waals surface area contributed by atoms with Crippen LogP contribution in [0.3, 0.4) is 0 Å². The van der Waals surface area contributed by atoms with Gasteiger partial charge in [0, 0.05) is 11.8 Å². The monoisotopic (exact) mass is 361 g/mol. The summed E-state index contributed by atoms with van der Waals surface area (Å²) in [5.74, 6) is -1.32. The molecule has 0 atom stereocenters. The van der Waals surface area contributed by atoms with Crippen LogP contribution in [0.4, 0.5) is 0 Å². The normalized spacial score (nSPS) is 12.2. The molecule has 0 saturated carbocycles. The highest BCUT2D eigenvalue weighted by Gasteiger charge is 2.29. The highest BCUT2D eigenvalue weighted by Crippen LogP contribution is 2.28. The SMILES string of the molecule is Cc1cc(S(=O)(=O)C(C)C)c(S(C)(=O)=O)cc1C(=O)N=C(N)N. The number of carbonyl (C=O) groups is 1. The first-order valence-corrected chi connectivity index (χ1v) is 9.94. The summed E-state index contributed by atoms with van der Waals surface area (Å²) in [6, 6.07) is 2.15. The number of nitrogens with two attached hydrogens (primary N) is 2. The molecule has 0 fully saturated rings. The first kappa shape index (κ1) is 19.1. The maximum atomic E-state index is 12.4. The molecule has 0 aliphatic carbocycles. The van der Waals surface area contributed by atoms with Crippen LogP contribution >= 0.6 is 0 Å². The molecule has 0 unspecified atom stereocenters. The second-order valence-corrected chi connectivity index (χ2v) is 9.78. The summed E-state index contributed by atoms with van der Waals surface area (Å²) in [5, 5.41) is -0.818. The standard InChI is InChI=1S/C13H19N3O5S2/c1-7(2)23(20,21)11-5-8(3)9(12(17)16-13(14)15)6-10(11)22(4,18)19/h5-7H,1-4H3,(H4,14,15,16,17). The van der Waals surface area contributed by atoms with E-state index in [1.54, 1.807) is 0 Å². The van der Waals surface area contributed by atoms with Gasteiger partial charge in [-0.1, -0.05) is 0 Å². The van der Waals surface area contributed by atoms with E-state index in [1.165, 1.54) is 20.8 Å². The quantitative estimate of drug-likeness (QED) is 0.565.